The molecule has 3 N–H and O–H groups in total. The number of amides is 2. The number of carbonyl (C=O) groups excluding carboxylic acids is 2. The van der Waals surface area contributed by atoms with Crippen LogP contribution < -0.4 is 16.2 Å². The zero-order chi connectivity index (χ0) is 15.7. The van der Waals surface area contributed by atoms with E-state index in [1.54, 1.807) is 24.3 Å². The van der Waals surface area contributed by atoms with E-state index in [0.717, 1.165) is 19.3 Å². The Balaban J connectivity index is 2.34. The van der Waals surface area contributed by atoms with Gasteiger partial charge in [-0.25, -0.2) is 0 Å². The molecule has 0 spiro atoms. The van der Waals surface area contributed by atoms with E-state index in [-0.39, 0.29) is 11.0 Å². The minimum absolute atomic E-state index is 0.0527. The molecular formula is C14H18ClN3O2S. The van der Waals surface area contributed by atoms with E-state index in [4.69, 9.17) is 23.8 Å². The maximum atomic E-state index is 11.8. The summed E-state index contributed by atoms with van der Waals surface area (Å²) in [6, 6.07) is 6.64. The van der Waals surface area contributed by atoms with Gasteiger partial charge in [-0.2, -0.15) is 0 Å². The number of rotatable bonds is 5. The van der Waals surface area contributed by atoms with Gasteiger partial charge in [-0.15, -0.1) is 0 Å². The Hall–Kier alpha value is -1.66. The normalized spacial score (nSPS) is 9.81. The molecule has 21 heavy (non-hydrogen) atoms. The minimum atomic E-state index is -0.428. The van der Waals surface area contributed by atoms with Crippen molar-refractivity contribution in [2.45, 2.75) is 32.6 Å². The van der Waals surface area contributed by atoms with E-state index in [0.29, 0.717) is 17.0 Å². The molecule has 7 heteroatoms. The van der Waals surface area contributed by atoms with Crippen molar-refractivity contribution >= 4 is 40.7 Å². The first kappa shape index (κ1) is 17.4. The summed E-state index contributed by atoms with van der Waals surface area (Å²) < 4.78 is 0. The van der Waals surface area contributed by atoms with E-state index in [9.17, 15) is 9.59 Å². The minimum Gasteiger partial charge on any atom is -0.302 e. The Morgan fingerprint density at radius 2 is 1.90 bits per heavy atom. The van der Waals surface area contributed by atoms with Crippen molar-refractivity contribution in [3.05, 3.63) is 34.9 Å². The van der Waals surface area contributed by atoms with Gasteiger partial charge in [-0.05, 0) is 30.8 Å². The zero-order valence-corrected chi connectivity index (χ0v) is 13.3. The van der Waals surface area contributed by atoms with E-state index in [1.807, 2.05) is 0 Å². The number of benzene rings is 1. The van der Waals surface area contributed by atoms with Gasteiger partial charge < -0.3 is 5.32 Å². The lowest BCUT2D eigenvalue weighted by molar-refractivity contribution is -0.119. The molecule has 0 aromatic heterocycles. The predicted octanol–water partition coefficient (Wildman–Crippen LogP) is 2.56. The molecule has 0 aliphatic carbocycles. The van der Waals surface area contributed by atoms with Gasteiger partial charge in [0.25, 0.3) is 5.91 Å². The third-order valence-corrected chi connectivity index (χ3v) is 3.20. The fraction of sp³-hybridized carbons (Fsp3) is 0.357. The molecule has 0 atom stereocenters. The van der Waals surface area contributed by atoms with E-state index in [2.05, 4.69) is 23.1 Å². The molecule has 0 fully saturated rings. The van der Waals surface area contributed by atoms with Crippen molar-refractivity contribution in [3.8, 4) is 0 Å². The summed E-state index contributed by atoms with van der Waals surface area (Å²) in [5, 5.41) is 2.89. The highest BCUT2D eigenvalue weighted by Crippen LogP contribution is 2.13. The Labute approximate surface area is 134 Å². The van der Waals surface area contributed by atoms with Crippen LogP contribution in [0.3, 0.4) is 0 Å². The van der Waals surface area contributed by atoms with Crippen LogP contribution >= 0.6 is 23.8 Å². The van der Waals surface area contributed by atoms with Gasteiger partial charge in [0.1, 0.15) is 0 Å². The second kappa shape index (κ2) is 9.31. The lowest BCUT2D eigenvalue weighted by Gasteiger charge is -2.11. The highest BCUT2D eigenvalue weighted by atomic mass is 35.5. The van der Waals surface area contributed by atoms with Gasteiger partial charge in [-0.3, -0.25) is 20.4 Å². The van der Waals surface area contributed by atoms with Crippen molar-refractivity contribution in [1.82, 2.24) is 16.2 Å². The molecule has 0 saturated carbocycles. The number of nitrogens with one attached hydrogen (secondary N) is 3. The third-order valence-electron chi connectivity index (χ3n) is 2.67. The van der Waals surface area contributed by atoms with E-state index >= 15 is 0 Å². The summed E-state index contributed by atoms with van der Waals surface area (Å²) in [4.78, 5) is 23.4. The summed E-state index contributed by atoms with van der Waals surface area (Å²) in [5.41, 5.74) is 5.18. The second-order valence-electron chi connectivity index (χ2n) is 4.39. The Bertz CT molecular complexity index is 523. The molecule has 5 nitrogen and oxygen atoms in total. The van der Waals surface area contributed by atoms with Gasteiger partial charge in [0.2, 0.25) is 5.91 Å². The van der Waals surface area contributed by atoms with Crippen LogP contribution in [0.1, 0.15) is 43.0 Å². The molecular weight excluding hydrogens is 310 g/mol. The summed E-state index contributed by atoms with van der Waals surface area (Å²) >= 11 is 10.8. The number of hydrogen-bond acceptors (Lipinski definition) is 3. The lowest BCUT2D eigenvalue weighted by Crippen LogP contribution is -2.48. The average molecular weight is 328 g/mol. The van der Waals surface area contributed by atoms with Crippen molar-refractivity contribution in [1.29, 1.82) is 0 Å². The van der Waals surface area contributed by atoms with Gasteiger partial charge in [0, 0.05) is 6.42 Å². The SMILES string of the molecule is CCCCCC(=O)NC(=S)NNC(=O)c1ccccc1Cl. The number of hydrazine groups is 1. The van der Waals surface area contributed by atoms with Crippen LogP contribution in [-0.4, -0.2) is 16.9 Å². The van der Waals surface area contributed by atoms with Gasteiger partial charge in [-0.1, -0.05) is 43.5 Å². The lowest BCUT2D eigenvalue weighted by atomic mass is 10.2. The molecule has 0 heterocycles. The highest BCUT2D eigenvalue weighted by molar-refractivity contribution is 7.80. The second-order valence-corrected chi connectivity index (χ2v) is 5.21. The highest BCUT2D eigenvalue weighted by Gasteiger charge is 2.10. The third kappa shape index (κ3) is 6.55. The van der Waals surface area contributed by atoms with Crippen LogP contribution in [0, 0.1) is 0 Å². The first-order valence-corrected chi connectivity index (χ1v) is 7.48. The maximum Gasteiger partial charge on any atom is 0.271 e. The van der Waals surface area contributed by atoms with E-state index in [1.165, 1.54) is 0 Å². The molecule has 0 aliphatic rings. The number of hydrogen-bond donors (Lipinski definition) is 3. The largest absolute Gasteiger partial charge is 0.302 e. The average Bonchev–Trinajstić information content (AvgIpc) is 2.45. The number of carbonyl (C=O) groups is 2. The summed E-state index contributed by atoms with van der Waals surface area (Å²) in [5.74, 6) is -0.601. The smallest absolute Gasteiger partial charge is 0.271 e. The Morgan fingerprint density at radius 3 is 2.57 bits per heavy atom. The molecule has 1 rings (SSSR count). The maximum absolute atomic E-state index is 11.8. The fourth-order valence-corrected chi connectivity index (χ4v) is 1.97. The zero-order valence-electron chi connectivity index (χ0n) is 11.7. The van der Waals surface area contributed by atoms with Gasteiger partial charge in [0.05, 0.1) is 10.6 Å². The molecule has 2 amide bonds. The first-order chi connectivity index (χ1) is 10.0. The molecule has 0 bridgehead atoms. The van der Waals surface area contributed by atoms with Gasteiger partial charge in [0.15, 0.2) is 5.11 Å². The van der Waals surface area contributed by atoms with Crippen LogP contribution in [0.15, 0.2) is 24.3 Å². The number of halogens is 1. The van der Waals surface area contributed by atoms with Crippen LogP contribution in [0.4, 0.5) is 0 Å². The summed E-state index contributed by atoms with van der Waals surface area (Å²) in [6.45, 7) is 2.06. The topological polar surface area (TPSA) is 70.2 Å². The number of thiocarbonyl (C=S) groups is 1. The van der Waals surface area contributed by atoms with Crippen LogP contribution in [0.25, 0.3) is 0 Å². The first-order valence-electron chi connectivity index (χ1n) is 6.69. The van der Waals surface area contributed by atoms with Crippen molar-refractivity contribution in [3.63, 3.8) is 0 Å². The predicted molar refractivity (Wildman–Crippen MR) is 86.9 cm³/mol. The van der Waals surface area contributed by atoms with E-state index < -0.39 is 5.91 Å². The Morgan fingerprint density at radius 1 is 1.19 bits per heavy atom. The molecule has 1 aromatic carbocycles. The molecule has 0 radical (unpaired) electrons. The standard InChI is InChI=1S/C14H18ClN3O2S/c1-2-3-4-9-12(19)16-14(21)18-17-13(20)10-7-5-6-8-11(10)15/h5-8H,2-4,9H2,1H3,(H,17,20)(H2,16,18,19,21). The van der Waals surface area contributed by atoms with Crippen LogP contribution in [0.2, 0.25) is 5.02 Å². The molecule has 114 valence electrons. The summed E-state index contributed by atoms with van der Waals surface area (Å²) in [6.07, 6.45) is 3.27. The quantitative estimate of drug-likeness (QED) is 0.441. The van der Waals surface area contributed by atoms with Crippen molar-refractivity contribution in [2.24, 2.45) is 0 Å². The van der Waals surface area contributed by atoms with Crippen LogP contribution in [-0.2, 0) is 4.79 Å². The van der Waals surface area contributed by atoms with Crippen molar-refractivity contribution in [2.75, 3.05) is 0 Å². The van der Waals surface area contributed by atoms with Crippen LogP contribution in [0.5, 0.6) is 0 Å². The molecule has 0 saturated heterocycles. The van der Waals surface area contributed by atoms with Crippen molar-refractivity contribution < 1.29 is 9.59 Å². The fourth-order valence-electron chi connectivity index (χ4n) is 1.58. The monoisotopic (exact) mass is 327 g/mol. The molecule has 1 aromatic rings. The summed E-state index contributed by atoms with van der Waals surface area (Å²) in [7, 11) is 0. The molecule has 0 aliphatic heterocycles. The Kier molecular flexibility index (Phi) is 7.71. The van der Waals surface area contributed by atoms with Gasteiger partial charge >= 0.3 is 0 Å². The number of unbranched alkanes of at least 4 members (excludes halogenated alkanes) is 2. The molecule has 0 unspecified atom stereocenters.